The summed E-state index contributed by atoms with van der Waals surface area (Å²) in [5, 5.41) is 2.84. The number of halogens is 1. The van der Waals surface area contributed by atoms with Gasteiger partial charge in [-0.25, -0.2) is 4.39 Å². The molecule has 5 nitrogen and oxygen atoms in total. The molecule has 3 rings (SSSR count). The van der Waals surface area contributed by atoms with Crippen molar-refractivity contribution in [2.45, 2.75) is 19.3 Å². The van der Waals surface area contributed by atoms with Crippen molar-refractivity contribution in [2.24, 2.45) is 5.73 Å². The number of anilines is 2. The Kier molecular flexibility index (Phi) is 5.86. The van der Waals surface area contributed by atoms with E-state index in [1.807, 2.05) is 6.07 Å². The van der Waals surface area contributed by atoms with Gasteiger partial charge in [0.1, 0.15) is 5.82 Å². The monoisotopic (exact) mass is 367 g/mol. The molecule has 6 heteroatoms. The maximum absolute atomic E-state index is 13.0. The highest BCUT2D eigenvalue weighted by Crippen LogP contribution is 2.29. The molecule has 1 aliphatic rings. The van der Waals surface area contributed by atoms with E-state index < -0.39 is 5.91 Å². The van der Waals surface area contributed by atoms with Crippen LogP contribution in [0.5, 0.6) is 0 Å². The van der Waals surface area contributed by atoms with Crippen LogP contribution in [-0.2, 0) is 4.79 Å². The Hall–Kier alpha value is -3.15. The fraction of sp³-hybridized carbons (Fsp3) is 0.238. The van der Waals surface area contributed by atoms with Gasteiger partial charge >= 0.3 is 0 Å². The van der Waals surface area contributed by atoms with Gasteiger partial charge in [0, 0.05) is 24.7 Å². The number of nitrogens with one attached hydrogen (secondary N) is 1. The molecule has 140 valence electrons. The summed E-state index contributed by atoms with van der Waals surface area (Å²) in [6.45, 7) is 1.81. The van der Waals surface area contributed by atoms with E-state index in [2.05, 4.69) is 10.2 Å². The number of primary amides is 1. The molecule has 0 radical (unpaired) electrons. The Balaban J connectivity index is 1.80. The molecule has 27 heavy (non-hydrogen) atoms. The molecule has 0 unspecified atom stereocenters. The Morgan fingerprint density at radius 2 is 1.74 bits per heavy atom. The molecular weight excluding hydrogens is 345 g/mol. The average Bonchev–Trinajstić information content (AvgIpc) is 2.68. The molecule has 0 bridgehead atoms. The summed E-state index contributed by atoms with van der Waals surface area (Å²) in [7, 11) is 0. The highest BCUT2D eigenvalue weighted by atomic mass is 19.1. The van der Waals surface area contributed by atoms with Crippen molar-refractivity contribution in [3.8, 4) is 0 Å². The lowest BCUT2D eigenvalue weighted by Crippen LogP contribution is -2.30. The third-order valence-electron chi connectivity index (χ3n) is 4.53. The van der Waals surface area contributed by atoms with Gasteiger partial charge in [0.15, 0.2) is 0 Å². The zero-order chi connectivity index (χ0) is 19.2. The zero-order valence-electron chi connectivity index (χ0n) is 15.0. The predicted molar refractivity (Wildman–Crippen MR) is 105 cm³/mol. The lowest BCUT2D eigenvalue weighted by molar-refractivity contribution is -0.111. The zero-order valence-corrected chi connectivity index (χ0v) is 15.0. The minimum absolute atomic E-state index is 0.328. The Bertz CT molecular complexity index is 856. The standard InChI is InChI=1S/C21H22FN3O2/c22-17-8-4-15(5-9-17)6-11-20(26)24-18-14-16(21(23)27)7-10-19(18)25-12-2-1-3-13-25/h4-11,14H,1-3,12-13H2,(H2,23,27)(H,24,26)/b11-6+. The van der Waals surface area contributed by atoms with Crippen molar-refractivity contribution in [2.75, 3.05) is 23.3 Å². The largest absolute Gasteiger partial charge is 0.370 e. The van der Waals surface area contributed by atoms with Crippen LogP contribution in [0.25, 0.3) is 6.08 Å². The Labute approximate surface area is 157 Å². The Morgan fingerprint density at radius 1 is 1.04 bits per heavy atom. The first-order valence-electron chi connectivity index (χ1n) is 8.96. The highest BCUT2D eigenvalue weighted by Gasteiger charge is 2.17. The van der Waals surface area contributed by atoms with Gasteiger partial charge in [-0.3, -0.25) is 9.59 Å². The summed E-state index contributed by atoms with van der Waals surface area (Å²) in [6, 6.07) is 11.0. The second kappa shape index (κ2) is 8.49. The van der Waals surface area contributed by atoms with Gasteiger partial charge in [0.25, 0.3) is 0 Å². The molecule has 1 saturated heterocycles. The van der Waals surface area contributed by atoms with Crippen molar-refractivity contribution in [1.29, 1.82) is 0 Å². The molecule has 0 saturated carbocycles. The topological polar surface area (TPSA) is 75.4 Å². The van der Waals surface area contributed by atoms with E-state index in [-0.39, 0.29) is 11.7 Å². The number of carbonyl (C=O) groups excluding carboxylic acids is 2. The maximum Gasteiger partial charge on any atom is 0.248 e. The van der Waals surface area contributed by atoms with Crippen molar-refractivity contribution in [1.82, 2.24) is 0 Å². The quantitative estimate of drug-likeness (QED) is 0.794. The average molecular weight is 367 g/mol. The number of nitrogens with two attached hydrogens (primary N) is 1. The fourth-order valence-corrected chi connectivity index (χ4v) is 3.12. The number of benzene rings is 2. The number of carbonyl (C=O) groups is 2. The molecule has 1 aliphatic heterocycles. The number of hydrogen-bond donors (Lipinski definition) is 2. The molecular formula is C21H22FN3O2. The highest BCUT2D eigenvalue weighted by molar-refractivity contribution is 6.05. The lowest BCUT2D eigenvalue weighted by Gasteiger charge is -2.30. The summed E-state index contributed by atoms with van der Waals surface area (Å²) < 4.78 is 13.0. The van der Waals surface area contributed by atoms with Crippen molar-refractivity contribution in [3.63, 3.8) is 0 Å². The van der Waals surface area contributed by atoms with E-state index in [1.165, 1.54) is 24.6 Å². The number of amides is 2. The van der Waals surface area contributed by atoms with Crippen LogP contribution in [-0.4, -0.2) is 24.9 Å². The SMILES string of the molecule is NC(=O)c1ccc(N2CCCCC2)c(NC(=O)/C=C/c2ccc(F)cc2)c1. The van der Waals surface area contributed by atoms with Crippen LogP contribution in [0.15, 0.2) is 48.5 Å². The molecule has 2 aromatic carbocycles. The van der Waals surface area contributed by atoms with Gasteiger partial charge < -0.3 is 16.0 Å². The van der Waals surface area contributed by atoms with Crippen molar-refractivity contribution < 1.29 is 14.0 Å². The first-order chi connectivity index (χ1) is 13.0. The van der Waals surface area contributed by atoms with Gasteiger partial charge in [-0.1, -0.05) is 12.1 Å². The van der Waals surface area contributed by atoms with E-state index in [0.29, 0.717) is 16.8 Å². The Morgan fingerprint density at radius 3 is 2.41 bits per heavy atom. The van der Waals surface area contributed by atoms with Gasteiger partial charge in [-0.2, -0.15) is 0 Å². The van der Waals surface area contributed by atoms with Gasteiger partial charge in [0.05, 0.1) is 11.4 Å². The van der Waals surface area contributed by atoms with E-state index in [0.717, 1.165) is 31.6 Å². The van der Waals surface area contributed by atoms with Gasteiger partial charge in [0.2, 0.25) is 11.8 Å². The van der Waals surface area contributed by atoms with Crippen molar-refractivity contribution >= 4 is 29.3 Å². The molecule has 2 amide bonds. The molecule has 1 heterocycles. The van der Waals surface area contributed by atoms with Crippen LogP contribution in [0.1, 0.15) is 35.2 Å². The maximum atomic E-state index is 13.0. The van der Waals surface area contributed by atoms with Crippen LogP contribution in [0.3, 0.4) is 0 Å². The van der Waals surface area contributed by atoms with Crippen LogP contribution >= 0.6 is 0 Å². The molecule has 0 aromatic heterocycles. The summed E-state index contributed by atoms with van der Waals surface area (Å²) in [5.41, 5.74) is 7.87. The van der Waals surface area contributed by atoms with E-state index in [9.17, 15) is 14.0 Å². The first kappa shape index (κ1) is 18.6. The second-order valence-electron chi connectivity index (χ2n) is 6.52. The summed E-state index contributed by atoms with van der Waals surface area (Å²) in [4.78, 5) is 26.1. The third kappa shape index (κ3) is 4.94. The van der Waals surface area contributed by atoms with Crippen molar-refractivity contribution in [3.05, 3.63) is 65.5 Å². The molecule has 0 spiro atoms. The fourth-order valence-electron chi connectivity index (χ4n) is 3.12. The summed E-state index contributed by atoms with van der Waals surface area (Å²) in [5.74, 6) is -1.21. The van der Waals surface area contributed by atoms with Crippen LogP contribution in [0.4, 0.5) is 15.8 Å². The molecule has 3 N–H and O–H groups in total. The van der Waals surface area contributed by atoms with E-state index in [1.54, 1.807) is 30.3 Å². The van der Waals surface area contributed by atoms with Crippen LogP contribution in [0, 0.1) is 5.82 Å². The number of hydrogen-bond acceptors (Lipinski definition) is 3. The summed E-state index contributed by atoms with van der Waals surface area (Å²) >= 11 is 0. The number of rotatable bonds is 5. The summed E-state index contributed by atoms with van der Waals surface area (Å²) in [6.07, 6.45) is 6.36. The van der Waals surface area contributed by atoms with Gasteiger partial charge in [-0.15, -0.1) is 0 Å². The second-order valence-corrected chi connectivity index (χ2v) is 6.52. The van der Waals surface area contributed by atoms with E-state index in [4.69, 9.17) is 5.73 Å². The van der Waals surface area contributed by atoms with Crippen LogP contribution in [0.2, 0.25) is 0 Å². The van der Waals surface area contributed by atoms with Gasteiger partial charge in [-0.05, 0) is 61.2 Å². The van der Waals surface area contributed by atoms with E-state index >= 15 is 0 Å². The first-order valence-corrected chi connectivity index (χ1v) is 8.96. The number of piperidine rings is 1. The minimum Gasteiger partial charge on any atom is -0.370 e. The molecule has 2 aromatic rings. The lowest BCUT2D eigenvalue weighted by atomic mass is 10.1. The number of nitrogens with zero attached hydrogens (tertiary/aromatic N) is 1. The minimum atomic E-state index is -0.544. The molecule has 0 atom stereocenters. The molecule has 0 aliphatic carbocycles. The predicted octanol–water partition coefficient (Wildman–Crippen LogP) is 3.57. The van der Waals surface area contributed by atoms with Crippen LogP contribution < -0.4 is 16.0 Å². The molecule has 1 fully saturated rings. The third-order valence-corrected chi connectivity index (χ3v) is 4.53. The smallest absolute Gasteiger partial charge is 0.248 e. The normalized spacial score (nSPS) is 14.3.